The van der Waals surface area contributed by atoms with Gasteiger partial charge in [0.15, 0.2) is 5.82 Å². The van der Waals surface area contributed by atoms with Crippen LogP contribution in [0.15, 0.2) is 0 Å². The molecular weight excluding hydrogens is 243 g/mol. The maximum Gasteiger partial charge on any atom is 0.392 e. The summed E-state index contributed by atoms with van der Waals surface area (Å²) in [7, 11) is 0. The Morgan fingerprint density at radius 1 is 1.28 bits per heavy atom. The monoisotopic (exact) mass is 261 g/mol. The van der Waals surface area contributed by atoms with Crippen LogP contribution in [-0.2, 0) is 6.42 Å². The molecule has 1 N–H and O–H groups in total. The van der Waals surface area contributed by atoms with Crippen molar-refractivity contribution in [3.63, 3.8) is 0 Å². The molecule has 2 atom stereocenters. The summed E-state index contributed by atoms with van der Waals surface area (Å²) in [4.78, 5) is 4.22. The number of H-pyrrole nitrogens is 1. The van der Waals surface area contributed by atoms with Gasteiger partial charge < -0.3 is 0 Å². The van der Waals surface area contributed by atoms with E-state index in [1.54, 1.807) is 0 Å². The van der Waals surface area contributed by atoms with Crippen molar-refractivity contribution in [1.82, 2.24) is 15.2 Å². The van der Waals surface area contributed by atoms with Crippen molar-refractivity contribution >= 4 is 0 Å². The van der Waals surface area contributed by atoms with Crippen LogP contribution in [0.5, 0.6) is 0 Å². The van der Waals surface area contributed by atoms with Crippen molar-refractivity contribution in [2.45, 2.75) is 57.5 Å². The number of hydrogen-bond acceptors (Lipinski definition) is 2. The number of hydrogen-bond donors (Lipinski definition) is 1. The van der Waals surface area contributed by atoms with Gasteiger partial charge in [-0.15, -0.1) is 0 Å². The summed E-state index contributed by atoms with van der Waals surface area (Å²) in [6.45, 7) is 2.00. The van der Waals surface area contributed by atoms with E-state index >= 15 is 0 Å². The molecule has 1 aliphatic rings. The summed E-state index contributed by atoms with van der Waals surface area (Å²) < 4.78 is 38.9. The highest BCUT2D eigenvalue weighted by Crippen LogP contribution is 2.45. The number of rotatable bonds is 3. The largest absolute Gasteiger partial charge is 0.392 e. The van der Waals surface area contributed by atoms with E-state index < -0.39 is 18.0 Å². The van der Waals surface area contributed by atoms with Gasteiger partial charge in [-0.25, -0.2) is 4.98 Å². The Kier molecular flexibility index (Phi) is 3.92. The smallest absolute Gasteiger partial charge is 0.263 e. The van der Waals surface area contributed by atoms with Gasteiger partial charge >= 0.3 is 6.18 Å². The predicted molar refractivity (Wildman–Crippen MR) is 61.1 cm³/mol. The molecule has 0 radical (unpaired) electrons. The van der Waals surface area contributed by atoms with E-state index in [0.717, 1.165) is 19.3 Å². The minimum Gasteiger partial charge on any atom is -0.263 e. The van der Waals surface area contributed by atoms with E-state index in [4.69, 9.17) is 0 Å². The zero-order valence-corrected chi connectivity index (χ0v) is 10.4. The molecule has 1 aliphatic carbocycles. The Bertz CT molecular complexity index is 386. The van der Waals surface area contributed by atoms with Crippen molar-refractivity contribution in [2.24, 2.45) is 5.92 Å². The Labute approximate surface area is 104 Å². The first-order chi connectivity index (χ1) is 8.52. The zero-order valence-electron chi connectivity index (χ0n) is 10.4. The molecule has 102 valence electrons. The highest BCUT2D eigenvalue weighted by atomic mass is 19.4. The van der Waals surface area contributed by atoms with Crippen LogP contribution in [0.1, 0.15) is 56.6 Å². The zero-order chi connectivity index (χ0) is 13.2. The van der Waals surface area contributed by atoms with Gasteiger partial charge in [-0.3, -0.25) is 5.10 Å². The van der Waals surface area contributed by atoms with Crippen molar-refractivity contribution in [3.8, 4) is 0 Å². The van der Waals surface area contributed by atoms with Crippen LogP contribution in [0.3, 0.4) is 0 Å². The normalized spacial score (nSPS) is 25.3. The summed E-state index contributed by atoms with van der Waals surface area (Å²) in [6.07, 6.45) is -0.295. The maximum atomic E-state index is 13.0. The van der Waals surface area contributed by atoms with E-state index in [1.165, 1.54) is 0 Å². The second-order valence-electron chi connectivity index (χ2n) is 4.93. The third kappa shape index (κ3) is 2.84. The molecule has 1 heterocycles. The minimum absolute atomic E-state index is 0.200. The topological polar surface area (TPSA) is 41.6 Å². The van der Waals surface area contributed by atoms with Crippen molar-refractivity contribution < 1.29 is 13.2 Å². The summed E-state index contributed by atoms with van der Waals surface area (Å²) >= 11 is 0. The summed E-state index contributed by atoms with van der Waals surface area (Å²) in [5.41, 5.74) is 0. The molecule has 0 saturated heterocycles. The average Bonchev–Trinajstić information content (AvgIpc) is 2.77. The fourth-order valence-electron chi connectivity index (χ4n) is 2.66. The summed E-state index contributed by atoms with van der Waals surface area (Å²) in [5.74, 6) is -0.809. The first kappa shape index (κ1) is 13.4. The maximum absolute atomic E-state index is 13.0. The van der Waals surface area contributed by atoms with Gasteiger partial charge in [0, 0.05) is 12.3 Å². The van der Waals surface area contributed by atoms with Crippen LogP contribution in [-0.4, -0.2) is 21.4 Å². The second kappa shape index (κ2) is 5.28. The van der Waals surface area contributed by atoms with Gasteiger partial charge in [0.1, 0.15) is 5.82 Å². The van der Waals surface area contributed by atoms with Crippen LogP contribution in [0.25, 0.3) is 0 Å². The molecule has 0 bridgehead atoms. The molecule has 0 aromatic carbocycles. The molecule has 18 heavy (non-hydrogen) atoms. The number of halogens is 3. The molecule has 1 fully saturated rings. The molecular formula is C12H18F3N3. The number of aromatic amines is 1. The van der Waals surface area contributed by atoms with Crippen molar-refractivity contribution in [1.29, 1.82) is 0 Å². The molecule has 3 nitrogen and oxygen atoms in total. The molecule has 1 saturated carbocycles. The molecule has 2 rings (SSSR count). The van der Waals surface area contributed by atoms with E-state index in [0.29, 0.717) is 24.5 Å². The number of aromatic nitrogens is 3. The first-order valence-electron chi connectivity index (χ1n) is 6.50. The lowest BCUT2D eigenvalue weighted by Gasteiger charge is -2.31. The van der Waals surface area contributed by atoms with Crippen LogP contribution in [0.2, 0.25) is 0 Å². The van der Waals surface area contributed by atoms with E-state index in [2.05, 4.69) is 15.2 Å². The highest BCUT2D eigenvalue weighted by Gasteiger charge is 2.47. The SMILES string of the molecule is CCCc1nc(C2CCCCC2C(F)(F)F)n[nH]1. The molecule has 0 amide bonds. The highest BCUT2D eigenvalue weighted by molar-refractivity contribution is 5.03. The van der Waals surface area contributed by atoms with Crippen LogP contribution >= 0.6 is 0 Å². The predicted octanol–water partition coefficient (Wildman–Crippen LogP) is 3.59. The fourth-order valence-corrected chi connectivity index (χ4v) is 2.66. The Hall–Kier alpha value is -1.07. The van der Waals surface area contributed by atoms with Gasteiger partial charge in [-0.05, 0) is 19.3 Å². The van der Waals surface area contributed by atoms with E-state index in [1.807, 2.05) is 6.92 Å². The van der Waals surface area contributed by atoms with Gasteiger partial charge in [0.2, 0.25) is 0 Å². The lowest BCUT2D eigenvalue weighted by molar-refractivity contribution is -0.187. The molecule has 6 heteroatoms. The Morgan fingerprint density at radius 2 is 2.00 bits per heavy atom. The summed E-state index contributed by atoms with van der Waals surface area (Å²) in [6, 6.07) is 0. The van der Waals surface area contributed by atoms with Crippen LogP contribution < -0.4 is 0 Å². The number of alkyl halides is 3. The van der Waals surface area contributed by atoms with Crippen LogP contribution in [0.4, 0.5) is 13.2 Å². The number of nitrogens with one attached hydrogen (secondary N) is 1. The third-order valence-electron chi connectivity index (χ3n) is 3.55. The number of nitrogens with zero attached hydrogens (tertiary/aromatic N) is 2. The van der Waals surface area contributed by atoms with Crippen molar-refractivity contribution in [3.05, 3.63) is 11.6 Å². The lowest BCUT2D eigenvalue weighted by Crippen LogP contribution is -2.32. The van der Waals surface area contributed by atoms with Gasteiger partial charge in [-0.2, -0.15) is 18.3 Å². The Balaban J connectivity index is 2.17. The van der Waals surface area contributed by atoms with E-state index in [-0.39, 0.29) is 6.42 Å². The molecule has 1 aromatic rings. The van der Waals surface area contributed by atoms with Gasteiger partial charge in [0.05, 0.1) is 5.92 Å². The minimum atomic E-state index is -4.14. The quantitative estimate of drug-likeness (QED) is 0.903. The standard InChI is InChI=1S/C12H18F3N3/c1-2-5-10-16-11(18-17-10)8-6-3-4-7-9(8)12(13,14)15/h8-9H,2-7H2,1H3,(H,16,17,18). The van der Waals surface area contributed by atoms with Gasteiger partial charge in [-0.1, -0.05) is 19.8 Å². The molecule has 2 unspecified atom stereocenters. The lowest BCUT2D eigenvalue weighted by atomic mass is 9.78. The van der Waals surface area contributed by atoms with E-state index in [9.17, 15) is 13.2 Å². The Morgan fingerprint density at radius 3 is 2.67 bits per heavy atom. The molecule has 1 aromatic heterocycles. The first-order valence-corrected chi connectivity index (χ1v) is 6.50. The van der Waals surface area contributed by atoms with Crippen LogP contribution in [0, 0.1) is 5.92 Å². The molecule has 0 aliphatic heterocycles. The molecule has 0 spiro atoms. The van der Waals surface area contributed by atoms with Gasteiger partial charge in [0.25, 0.3) is 0 Å². The third-order valence-corrected chi connectivity index (χ3v) is 3.55. The number of aryl methyl sites for hydroxylation is 1. The average molecular weight is 261 g/mol. The summed E-state index contributed by atoms with van der Waals surface area (Å²) in [5, 5.41) is 6.73. The van der Waals surface area contributed by atoms with Crippen molar-refractivity contribution in [2.75, 3.05) is 0 Å². The second-order valence-corrected chi connectivity index (χ2v) is 4.93. The fraction of sp³-hybridized carbons (Fsp3) is 0.833.